The van der Waals surface area contributed by atoms with Crippen LogP contribution in [-0.2, 0) is 16.1 Å². The average Bonchev–Trinajstić information content (AvgIpc) is 3.36. The molecule has 2 aromatic heterocycles. The number of rotatable bonds is 5. The number of aromatic nitrogens is 1. The first-order chi connectivity index (χ1) is 15.3. The number of benzene rings is 1. The summed E-state index contributed by atoms with van der Waals surface area (Å²) in [5.41, 5.74) is 2.29. The van der Waals surface area contributed by atoms with Crippen molar-refractivity contribution in [2.45, 2.75) is 20.4 Å². The van der Waals surface area contributed by atoms with Crippen LogP contribution in [0.5, 0.6) is 0 Å². The largest absolute Gasteiger partial charge is 0.478 e. The van der Waals surface area contributed by atoms with Crippen molar-refractivity contribution in [1.82, 2.24) is 14.8 Å². The number of hydrogen-bond donors (Lipinski definition) is 2. The van der Waals surface area contributed by atoms with Crippen LogP contribution in [0.15, 0.2) is 58.7 Å². The number of para-hydroxylation sites is 1. The summed E-state index contributed by atoms with van der Waals surface area (Å²) in [5.74, 6) is -2.22. The van der Waals surface area contributed by atoms with Gasteiger partial charge in [0.25, 0.3) is 11.8 Å². The zero-order chi connectivity index (χ0) is 23.0. The Labute approximate surface area is 182 Å². The summed E-state index contributed by atoms with van der Waals surface area (Å²) in [4.78, 5) is 50.1. The Bertz CT molecular complexity index is 1280. The van der Waals surface area contributed by atoms with Crippen LogP contribution in [-0.4, -0.2) is 38.4 Å². The van der Waals surface area contributed by atoms with E-state index >= 15 is 0 Å². The van der Waals surface area contributed by atoms with Crippen molar-refractivity contribution < 1.29 is 28.7 Å². The quantitative estimate of drug-likeness (QED) is 0.471. The molecule has 0 spiro atoms. The highest BCUT2D eigenvalue weighted by Crippen LogP contribution is 2.26. The molecule has 1 fully saturated rings. The number of urea groups is 1. The minimum absolute atomic E-state index is 0.118. The molecule has 0 radical (unpaired) electrons. The molecule has 2 N–H and O–H groups in total. The number of barbiturate groups is 1. The molecule has 0 atom stereocenters. The van der Waals surface area contributed by atoms with Gasteiger partial charge >= 0.3 is 12.0 Å². The Hall–Kier alpha value is -4.40. The molecule has 0 aliphatic carbocycles. The van der Waals surface area contributed by atoms with Crippen molar-refractivity contribution in [2.24, 2.45) is 0 Å². The third-order valence-electron chi connectivity index (χ3n) is 5.23. The molecule has 1 aliphatic rings. The number of carboxylic acid groups (broad SMARTS) is 1. The number of furan rings is 1. The summed E-state index contributed by atoms with van der Waals surface area (Å²) in [6, 6.07) is 10.7. The van der Waals surface area contributed by atoms with Crippen LogP contribution >= 0.6 is 0 Å². The summed E-state index contributed by atoms with van der Waals surface area (Å²) in [7, 11) is 0. The summed E-state index contributed by atoms with van der Waals surface area (Å²) >= 11 is 0. The molecule has 162 valence electrons. The molecular weight excluding hydrogens is 414 g/mol. The van der Waals surface area contributed by atoms with E-state index in [1.165, 1.54) is 18.4 Å². The van der Waals surface area contributed by atoms with Crippen molar-refractivity contribution in [3.05, 3.63) is 82.6 Å². The van der Waals surface area contributed by atoms with E-state index in [2.05, 4.69) is 5.32 Å². The van der Waals surface area contributed by atoms with E-state index in [1.807, 2.05) is 0 Å². The molecule has 1 saturated heterocycles. The van der Waals surface area contributed by atoms with Crippen LogP contribution in [0.25, 0.3) is 11.8 Å². The second-order valence-electron chi connectivity index (χ2n) is 7.27. The van der Waals surface area contributed by atoms with Gasteiger partial charge in [-0.2, -0.15) is 0 Å². The molecule has 3 heterocycles. The van der Waals surface area contributed by atoms with E-state index in [0.717, 1.165) is 10.6 Å². The monoisotopic (exact) mass is 433 g/mol. The molecular formula is C23H19N3O6. The molecule has 4 rings (SSSR count). The van der Waals surface area contributed by atoms with Crippen molar-refractivity contribution in [1.29, 1.82) is 0 Å². The maximum Gasteiger partial charge on any atom is 0.337 e. The van der Waals surface area contributed by atoms with E-state index in [0.29, 0.717) is 22.7 Å². The van der Waals surface area contributed by atoms with Crippen LogP contribution in [0.4, 0.5) is 4.79 Å². The normalized spacial score (nSPS) is 15.4. The highest BCUT2D eigenvalue weighted by atomic mass is 16.4. The number of amides is 4. The maximum absolute atomic E-state index is 12.9. The smallest absolute Gasteiger partial charge is 0.337 e. The number of imide groups is 2. The number of carboxylic acids is 1. The molecule has 0 bridgehead atoms. The molecule has 1 aromatic carbocycles. The van der Waals surface area contributed by atoms with Crippen molar-refractivity contribution in [3.63, 3.8) is 0 Å². The first-order valence-corrected chi connectivity index (χ1v) is 9.71. The van der Waals surface area contributed by atoms with E-state index in [9.17, 15) is 24.3 Å². The Kier molecular flexibility index (Phi) is 5.23. The molecule has 9 heteroatoms. The predicted octanol–water partition coefficient (Wildman–Crippen LogP) is 3.05. The zero-order valence-corrected chi connectivity index (χ0v) is 17.3. The van der Waals surface area contributed by atoms with Gasteiger partial charge in [-0.15, -0.1) is 0 Å². The predicted molar refractivity (Wildman–Crippen MR) is 113 cm³/mol. The minimum atomic E-state index is -1.07. The Morgan fingerprint density at radius 1 is 1.12 bits per heavy atom. The van der Waals surface area contributed by atoms with Gasteiger partial charge in [0, 0.05) is 11.4 Å². The zero-order valence-electron chi connectivity index (χ0n) is 17.3. The third kappa shape index (κ3) is 3.60. The number of aryl methyl sites for hydroxylation is 1. The molecule has 32 heavy (non-hydrogen) atoms. The highest BCUT2D eigenvalue weighted by Gasteiger charge is 2.36. The SMILES string of the molecule is Cc1cc(C=C2C(=O)NC(=O)N(Cc3ccco3)C2=O)c(C)n1-c1ccccc1C(=O)O. The number of carbonyl (C=O) groups is 4. The first kappa shape index (κ1) is 20.9. The molecule has 0 saturated carbocycles. The summed E-state index contributed by atoms with van der Waals surface area (Å²) in [6.07, 6.45) is 2.83. The third-order valence-corrected chi connectivity index (χ3v) is 5.23. The van der Waals surface area contributed by atoms with Crippen LogP contribution in [0.3, 0.4) is 0 Å². The molecule has 3 aromatic rings. The van der Waals surface area contributed by atoms with Gasteiger partial charge in [0.1, 0.15) is 11.3 Å². The van der Waals surface area contributed by atoms with Gasteiger partial charge in [-0.3, -0.25) is 19.8 Å². The van der Waals surface area contributed by atoms with Gasteiger partial charge in [-0.25, -0.2) is 9.59 Å². The van der Waals surface area contributed by atoms with Gasteiger partial charge < -0.3 is 14.1 Å². The number of carbonyl (C=O) groups excluding carboxylic acids is 3. The van der Waals surface area contributed by atoms with Crippen molar-refractivity contribution in [3.8, 4) is 5.69 Å². The van der Waals surface area contributed by atoms with Crippen LogP contribution in [0, 0.1) is 13.8 Å². The van der Waals surface area contributed by atoms with Gasteiger partial charge in [0.2, 0.25) is 0 Å². The standard InChI is InChI=1S/C23H19N3O6/c1-13-10-15(14(2)26(13)19-8-4-3-7-17(19)22(29)30)11-18-20(27)24-23(31)25(21(18)28)12-16-6-5-9-32-16/h3-11H,12H2,1-2H3,(H,29,30)(H,24,27,31). The lowest BCUT2D eigenvalue weighted by Gasteiger charge is -2.25. The van der Waals surface area contributed by atoms with E-state index < -0.39 is 23.8 Å². The van der Waals surface area contributed by atoms with Crippen molar-refractivity contribution >= 4 is 29.9 Å². The number of nitrogens with zero attached hydrogens (tertiary/aromatic N) is 2. The summed E-state index contributed by atoms with van der Waals surface area (Å²) < 4.78 is 6.94. The Morgan fingerprint density at radius 2 is 1.88 bits per heavy atom. The maximum atomic E-state index is 12.9. The van der Waals surface area contributed by atoms with E-state index in [1.54, 1.807) is 54.8 Å². The topological polar surface area (TPSA) is 122 Å². The lowest BCUT2D eigenvalue weighted by molar-refractivity contribution is -0.130. The molecule has 4 amide bonds. The number of nitrogens with one attached hydrogen (secondary N) is 1. The molecule has 0 unspecified atom stereocenters. The van der Waals surface area contributed by atoms with Crippen LogP contribution in [0.1, 0.15) is 33.1 Å². The minimum Gasteiger partial charge on any atom is -0.478 e. The lowest BCUT2D eigenvalue weighted by Crippen LogP contribution is -2.53. The van der Waals surface area contributed by atoms with E-state index in [4.69, 9.17) is 4.42 Å². The number of hydrogen-bond acceptors (Lipinski definition) is 5. The van der Waals surface area contributed by atoms with Gasteiger partial charge in [0.15, 0.2) is 0 Å². The van der Waals surface area contributed by atoms with Gasteiger partial charge in [-0.1, -0.05) is 12.1 Å². The van der Waals surface area contributed by atoms with Crippen molar-refractivity contribution in [2.75, 3.05) is 0 Å². The lowest BCUT2D eigenvalue weighted by atomic mass is 10.1. The Balaban J connectivity index is 1.75. The highest BCUT2D eigenvalue weighted by molar-refractivity contribution is 6.31. The first-order valence-electron chi connectivity index (χ1n) is 9.71. The fraction of sp³-hybridized carbons (Fsp3) is 0.130. The van der Waals surface area contributed by atoms with Gasteiger partial charge in [0.05, 0.1) is 24.1 Å². The fourth-order valence-corrected chi connectivity index (χ4v) is 3.71. The van der Waals surface area contributed by atoms with E-state index in [-0.39, 0.29) is 17.7 Å². The fourth-order valence-electron chi connectivity index (χ4n) is 3.71. The average molecular weight is 433 g/mol. The van der Waals surface area contributed by atoms with Crippen LogP contribution in [0.2, 0.25) is 0 Å². The second kappa shape index (κ2) is 8.03. The molecule has 9 nitrogen and oxygen atoms in total. The molecule has 1 aliphatic heterocycles. The van der Waals surface area contributed by atoms with Crippen LogP contribution < -0.4 is 5.32 Å². The summed E-state index contributed by atoms with van der Waals surface area (Å²) in [6.45, 7) is 3.44. The second-order valence-corrected chi connectivity index (χ2v) is 7.27. The van der Waals surface area contributed by atoms with Gasteiger partial charge in [-0.05, 0) is 55.8 Å². The Morgan fingerprint density at radius 3 is 2.56 bits per heavy atom. The number of aromatic carboxylic acids is 1. The summed E-state index contributed by atoms with van der Waals surface area (Å²) in [5, 5.41) is 11.7.